The summed E-state index contributed by atoms with van der Waals surface area (Å²) >= 11 is 0. The number of para-hydroxylation sites is 1. The highest BCUT2D eigenvalue weighted by molar-refractivity contribution is 5.90. The van der Waals surface area contributed by atoms with Crippen molar-refractivity contribution < 1.29 is 23.5 Å². The zero-order valence-electron chi connectivity index (χ0n) is 18.0. The number of aromatic nitrogens is 2. The van der Waals surface area contributed by atoms with Crippen molar-refractivity contribution in [3.05, 3.63) is 72.9 Å². The third-order valence-electron chi connectivity index (χ3n) is 5.53. The predicted octanol–water partition coefficient (Wildman–Crippen LogP) is 4.39. The van der Waals surface area contributed by atoms with E-state index >= 15 is 0 Å². The predicted molar refractivity (Wildman–Crippen MR) is 119 cm³/mol. The maximum Gasteiger partial charge on any atom is 0.319 e. The number of carbonyl (C=O) groups excluding carboxylic acids is 1. The lowest BCUT2D eigenvalue weighted by Crippen LogP contribution is -2.54. The van der Waals surface area contributed by atoms with Crippen LogP contribution in [0.5, 0.6) is 5.75 Å². The summed E-state index contributed by atoms with van der Waals surface area (Å²) in [6.45, 7) is 3.52. The maximum atomic E-state index is 12.8. The molecule has 5 rings (SSSR count). The average Bonchev–Trinajstić information content (AvgIpc) is 3.51. The molecule has 0 saturated heterocycles. The van der Waals surface area contributed by atoms with Crippen molar-refractivity contribution in [2.24, 2.45) is 0 Å². The Morgan fingerprint density at radius 2 is 1.64 bits per heavy atom. The summed E-state index contributed by atoms with van der Waals surface area (Å²) in [5.41, 5.74) is 1.44. The lowest BCUT2D eigenvalue weighted by atomic mass is 9.85. The number of anilines is 1. The summed E-state index contributed by atoms with van der Waals surface area (Å²) in [5, 5.41) is 16.8. The molecule has 33 heavy (non-hydrogen) atoms. The van der Waals surface area contributed by atoms with Gasteiger partial charge in [0.05, 0.1) is 29.6 Å². The van der Waals surface area contributed by atoms with E-state index in [1.165, 1.54) is 18.7 Å². The first-order valence-electron chi connectivity index (χ1n) is 10.4. The molecule has 0 spiro atoms. The van der Waals surface area contributed by atoms with Gasteiger partial charge >= 0.3 is 6.03 Å². The summed E-state index contributed by atoms with van der Waals surface area (Å²) in [6, 6.07) is 11.4. The molecule has 0 bridgehead atoms. The number of hydrogen-bond acceptors (Lipinski definition) is 7. The Bertz CT molecular complexity index is 1250. The van der Waals surface area contributed by atoms with Crippen LogP contribution in [-0.2, 0) is 0 Å². The van der Waals surface area contributed by atoms with Gasteiger partial charge in [0, 0.05) is 11.3 Å². The highest BCUT2D eigenvalue weighted by atomic mass is 16.5. The van der Waals surface area contributed by atoms with Gasteiger partial charge in [0.1, 0.15) is 30.0 Å². The molecule has 0 radical (unpaired) electrons. The van der Waals surface area contributed by atoms with Crippen molar-refractivity contribution in [2.45, 2.75) is 31.6 Å². The first-order chi connectivity index (χ1) is 15.9. The van der Waals surface area contributed by atoms with Crippen molar-refractivity contribution in [1.82, 2.24) is 15.3 Å². The molecule has 3 N–H and O–H groups in total. The number of nitrogens with zero attached hydrogens (tertiary/aromatic N) is 2. The molecule has 9 nitrogen and oxygen atoms in total. The maximum absolute atomic E-state index is 12.8. The van der Waals surface area contributed by atoms with Crippen LogP contribution in [-0.4, -0.2) is 32.8 Å². The van der Waals surface area contributed by atoms with Gasteiger partial charge in [-0.15, -0.1) is 0 Å². The third kappa shape index (κ3) is 3.94. The van der Waals surface area contributed by atoms with E-state index in [0.29, 0.717) is 39.9 Å². The van der Waals surface area contributed by atoms with E-state index in [0.717, 1.165) is 0 Å². The van der Waals surface area contributed by atoms with E-state index in [1.54, 1.807) is 44.3 Å². The Morgan fingerprint density at radius 1 is 1.00 bits per heavy atom. The normalized spacial score (nSPS) is 18.8. The molecule has 0 saturated carbocycles. The third-order valence-corrected chi connectivity index (χ3v) is 5.53. The number of amides is 2. The Labute approximate surface area is 189 Å². The lowest BCUT2D eigenvalue weighted by Gasteiger charge is -2.42. The Kier molecular flexibility index (Phi) is 5.10. The fourth-order valence-electron chi connectivity index (χ4n) is 3.90. The molecular weight excluding hydrogens is 424 g/mol. The zero-order valence-corrected chi connectivity index (χ0v) is 18.0. The monoisotopic (exact) mass is 446 g/mol. The molecule has 1 aliphatic rings. The molecule has 4 aromatic rings. The van der Waals surface area contributed by atoms with Gasteiger partial charge in [-0.1, -0.05) is 18.2 Å². The van der Waals surface area contributed by atoms with Crippen LogP contribution in [0.25, 0.3) is 22.9 Å². The van der Waals surface area contributed by atoms with Crippen LogP contribution in [0, 0.1) is 0 Å². The minimum atomic E-state index is -1.03. The smallest absolute Gasteiger partial charge is 0.319 e. The number of hydrogen-bond donors (Lipinski definition) is 3. The number of carbonyl (C=O) groups is 1. The zero-order chi connectivity index (χ0) is 23.0. The average molecular weight is 446 g/mol. The minimum Gasteiger partial charge on any atom is -0.485 e. The summed E-state index contributed by atoms with van der Waals surface area (Å²) in [6.07, 6.45) is 4.98. The Hall–Kier alpha value is -4.11. The van der Waals surface area contributed by atoms with E-state index in [4.69, 9.17) is 13.6 Å². The number of urea groups is 1. The highest BCUT2D eigenvalue weighted by Gasteiger charge is 2.44. The molecule has 2 aromatic heterocycles. The van der Waals surface area contributed by atoms with Crippen LogP contribution in [0.4, 0.5) is 10.5 Å². The molecule has 0 fully saturated rings. The number of ether oxygens (including phenoxy) is 1. The fraction of sp³-hybridized carbons (Fsp3) is 0.208. The topological polar surface area (TPSA) is 123 Å². The number of fused-ring (bicyclic) bond motifs is 1. The van der Waals surface area contributed by atoms with Crippen molar-refractivity contribution in [3.63, 3.8) is 0 Å². The molecule has 2 aromatic carbocycles. The molecular formula is C24H22N4O5. The van der Waals surface area contributed by atoms with Gasteiger partial charge in [-0.25, -0.2) is 14.8 Å². The molecule has 3 heterocycles. The second-order valence-corrected chi connectivity index (χ2v) is 8.20. The number of rotatable bonds is 4. The second-order valence-electron chi connectivity index (χ2n) is 8.20. The van der Waals surface area contributed by atoms with Gasteiger partial charge in [-0.2, -0.15) is 0 Å². The van der Waals surface area contributed by atoms with Crippen LogP contribution in [0.2, 0.25) is 0 Å². The van der Waals surface area contributed by atoms with Crippen molar-refractivity contribution in [1.29, 1.82) is 0 Å². The van der Waals surface area contributed by atoms with Gasteiger partial charge in [0.15, 0.2) is 0 Å². The number of aliphatic hydroxyl groups excluding tert-OH is 1. The van der Waals surface area contributed by atoms with Gasteiger partial charge < -0.3 is 29.3 Å². The summed E-state index contributed by atoms with van der Waals surface area (Å²) in [7, 11) is 0. The second kappa shape index (κ2) is 8.10. The van der Waals surface area contributed by atoms with Gasteiger partial charge in [-0.05, 0) is 38.1 Å². The minimum absolute atomic E-state index is 0.345. The molecule has 2 amide bonds. The molecule has 168 valence electrons. The summed E-state index contributed by atoms with van der Waals surface area (Å²) < 4.78 is 17.2. The largest absolute Gasteiger partial charge is 0.485 e. The van der Waals surface area contributed by atoms with Crippen LogP contribution in [0.3, 0.4) is 0 Å². The highest BCUT2D eigenvalue weighted by Crippen LogP contribution is 2.45. The van der Waals surface area contributed by atoms with E-state index in [1.807, 2.05) is 18.2 Å². The van der Waals surface area contributed by atoms with Gasteiger partial charge in [-0.3, -0.25) is 0 Å². The number of nitrogens with one attached hydrogen (secondary N) is 2. The van der Waals surface area contributed by atoms with E-state index < -0.39 is 23.8 Å². The van der Waals surface area contributed by atoms with E-state index in [2.05, 4.69) is 20.6 Å². The van der Waals surface area contributed by atoms with Gasteiger partial charge in [0.2, 0.25) is 11.8 Å². The SMILES string of the molecule is CC1(C)Oc2cc(-c3ncco3)c(-c3ncco3)cc2[C@@H](NC(=O)Nc2ccccc2)[C@@H]1O. The number of benzene rings is 2. The Balaban J connectivity index is 1.57. The summed E-state index contributed by atoms with van der Waals surface area (Å²) in [5.74, 6) is 1.20. The van der Waals surface area contributed by atoms with Crippen LogP contribution >= 0.6 is 0 Å². The van der Waals surface area contributed by atoms with Gasteiger partial charge in [0.25, 0.3) is 0 Å². The fourth-order valence-corrected chi connectivity index (χ4v) is 3.90. The Morgan fingerprint density at radius 3 is 2.24 bits per heavy atom. The molecule has 0 unspecified atom stereocenters. The standard InChI is InChI=1S/C24H22N4O5/c1-24(2)20(29)19(28-23(30)27-14-6-4-3-5-7-14)17-12-15(21-25-8-10-31-21)16(13-18(17)33-24)22-26-9-11-32-22/h3-13,19-20,29H,1-2H3,(H2,27,28,30)/t19-,20+/m1/s1. The quantitative estimate of drug-likeness (QED) is 0.425. The van der Waals surface area contributed by atoms with E-state index in [-0.39, 0.29) is 0 Å². The van der Waals surface area contributed by atoms with E-state index in [9.17, 15) is 9.90 Å². The first kappa shape index (κ1) is 20.8. The van der Waals surface area contributed by atoms with Crippen LogP contribution in [0.1, 0.15) is 25.5 Å². The first-order valence-corrected chi connectivity index (χ1v) is 10.4. The lowest BCUT2D eigenvalue weighted by molar-refractivity contribution is -0.0618. The number of aliphatic hydroxyl groups is 1. The van der Waals surface area contributed by atoms with Crippen molar-refractivity contribution in [2.75, 3.05) is 5.32 Å². The molecule has 9 heteroatoms. The molecule has 1 aliphatic heterocycles. The van der Waals surface area contributed by atoms with Crippen LogP contribution < -0.4 is 15.4 Å². The summed E-state index contributed by atoms with van der Waals surface area (Å²) in [4.78, 5) is 21.3. The van der Waals surface area contributed by atoms with Crippen LogP contribution in [0.15, 0.2) is 76.2 Å². The van der Waals surface area contributed by atoms with Crippen molar-refractivity contribution >= 4 is 11.7 Å². The van der Waals surface area contributed by atoms with Crippen molar-refractivity contribution in [3.8, 4) is 28.7 Å². The molecule has 2 atom stereocenters. The number of oxazole rings is 2. The molecule has 0 aliphatic carbocycles.